The Morgan fingerprint density at radius 2 is 1.92 bits per heavy atom. The Morgan fingerprint density at radius 1 is 1.33 bits per heavy atom. The van der Waals surface area contributed by atoms with Crippen LogP contribution in [0.25, 0.3) is 0 Å². The van der Waals surface area contributed by atoms with Crippen molar-refractivity contribution < 1.29 is 0 Å². The van der Waals surface area contributed by atoms with Crippen LogP contribution in [0.4, 0.5) is 0 Å². The van der Waals surface area contributed by atoms with E-state index in [1.54, 1.807) is 0 Å². The van der Waals surface area contributed by atoms with Crippen molar-refractivity contribution in [3.8, 4) is 0 Å². The highest BCUT2D eigenvalue weighted by Gasteiger charge is 2.15. The fraction of sp³-hybridized carbons (Fsp3) is 0.400. The zero-order chi connectivity index (χ0) is 9.03. The highest BCUT2D eigenvalue weighted by atomic mass is 32.1. The van der Waals surface area contributed by atoms with E-state index < -0.39 is 0 Å². The molecule has 0 aliphatic heterocycles. The monoisotopic (exact) mass is 181 g/mol. The molecule has 0 fully saturated rings. The molecule has 12 heavy (non-hydrogen) atoms. The second-order valence-electron chi connectivity index (χ2n) is 3.47. The van der Waals surface area contributed by atoms with Gasteiger partial charge in [-0.2, -0.15) is 12.6 Å². The van der Waals surface area contributed by atoms with Crippen LogP contribution in [-0.2, 0) is 6.42 Å². The molecule has 0 aromatic heterocycles. The van der Waals surface area contributed by atoms with Crippen molar-refractivity contribution in [2.75, 3.05) is 5.75 Å². The molecule has 1 nitrogen and oxygen atoms in total. The van der Waals surface area contributed by atoms with Crippen molar-refractivity contribution >= 4 is 12.6 Å². The van der Waals surface area contributed by atoms with Gasteiger partial charge in [-0.3, -0.25) is 0 Å². The van der Waals surface area contributed by atoms with Crippen LogP contribution in [0, 0.1) is 0 Å². The molecule has 1 rings (SSSR count). The Morgan fingerprint density at radius 3 is 2.42 bits per heavy atom. The van der Waals surface area contributed by atoms with E-state index in [2.05, 4.69) is 24.8 Å². The lowest BCUT2D eigenvalue weighted by molar-refractivity contribution is 0.528. The van der Waals surface area contributed by atoms with E-state index in [4.69, 9.17) is 5.73 Å². The molecule has 1 aromatic carbocycles. The van der Waals surface area contributed by atoms with Crippen LogP contribution >= 0.6 is 12.6 Å². The maximum atomic E-state index is 5.97. The van der Waals surface area contributed by atoms with Crippen molar-refractivity contribution in [2.24, 2.45) is 5.73 Å². The van der Waals surface area contributed by atoms with Crippen molar-refractivity contribution in [2.45, 2.75) is 18.9 Å². The summed E-state index contributed by atoms with van der Waals surface area (Å²) in [6.45, 7) is 2.02. The van der Waals surface area contributed by atoms with Gasteiger partial charge in [0.05, 0.1) is 0 Å². The molecule has 0 heterocycles. The number of thiol groups is 1. The fourth-order valence-corrected chi connectivity index (χ4v) is 1.23. The van der Waals surface area contributed by atoms with Gasteiger partial charge < -0.3 is 5.73 Å². The Bertz CT molecular complexity index is 231. The molecule has 0 spiro atoms. The van der Waals surface area contributed by atoms with Crippen LogP contribution in [0.3, 0.4) is 0 Å². The van der Waals surface area contributed by atoms with Gasteiger partial charge in [0.1, 0.15) is 0 Å². The average molecular weight is 181 g/mol. The fourth-order valence-electron chi connectivity index (χ4n) is 1.12. The zero-order valence-corrected chi connectivity index (χ0v) is 8.22. The van der Waals surface area contributed by atoms with Crippen LogP contribution in [-0.4, -0.2) is 11.3 Å². The quantitative estimate of drug-likeness (QED) is 0.684. The van der Waals surface area contributed by atoms with E-state index in [1.165, 1.54) is 5.56 Å². The molecule has 0 amide bonds. The summed E-state index contributed by atoms with van der Waals surface area (Å²) in [5, 5.41) is 0. The van der Waals surface area contributed by atoms with Gasteiger partial charge in [-0.25, -0.2) is 0 Å². The number of nitrogens with two attached hydrogens (primary N) is 1. The minimum absolute atomic E-state index is 0.190. The molecular weight excluding hydrogens is 166 g/mol. The first kappa shape index (κ1) is 9.62. The number of benzene rings is 1. The molecule has 2 N–H and O–H groups in total. The van der Waals surface area contributed by atoms with Gasteiger partial charge in [0, 0.05) is 11.3 Å². The second kappa shape index (κ2) is 3.97. The predicted octanol–water partition coefficient (Wildman–Crippen LogP) is 1.88. The third kappa shape index (κ3) is 2.88. The number of hydrogen-bond donors (Lipinski definition) is 2. The summed E-state index contributed by atoms with van der Waals surface area (Å²) in [6, 6.07) is 10.3. The highest BCUT2D eigenvalue weighted by Crippen LogP contribution is 2.11. The molecule has 0 saturated heterocycles. The molecule has 1 atom stereocenters. The van der Waals surface area contributed by atoms with E-state index in [0.29, 0.717) is 5.75 Å². The van der Waals surface area contributed by atoms with Gasteiger partial charge in [-0.05, 0) is 18.9 Å². The molecule has 0 saturated carbocycles. The summed E-state index contributed by atoms with van der Waals surface area (Å²) in [7, 11) is 0. The zero-order valence-electron chi connectivity index (χ0n) is 7.33. The molecule has 1 aromatic rings. The lowest BCUT2D eigenvalue weighted by atomic mass is 9.96. The molecule has 1 unspecified atom stereocenters. The van der Waals surface area contributed by atoms with Crippen LogP contribution in [0.2, 0.25) is 0 Å². The number of rotatable bonds is 3. The van der Waals surface area contributed by atoms with E-state index >= 15 is 0 Å². The lowest BCUT2D eigenvalue weighted by Crippen LogP contribution is -2.40. The predicted molar refractivity (Wildman–Crippen MR) is 56.6 cm³/mol. The van der Waals surface area contributed by atoms with Crippen molar-refractivity contribution in [1.29, 1.82) is 0 Å². The van der Waals surface area contributed by atoms with Crippen molar-refractivity contribution in [3.05, 3.63) is 35.9 Å². The Kier molecular flexibility index (Phi) is 3.18. The van der Waals surface area contributed by atoms with Gasteiger partial charge in [0.15, 0.2) is 0 Å². The highest BCUT2D eigenvalue weighted by molar-refractivity contribution is 7.80. The molecule has 0 radical (unpaired) electrons. The SMILES string of the molecule is CC(N)(CS)Cc1ccccc1. The topological polar surface area (TPSA) is 26.0 Å². The van der Waals surface area contributed by atoms with Gasteiger partial charge in [-0.15, -0.1) is 0 Å². The van der Waals surface area contributed by atoms with Crippen LogP contribution in [0.15, 0.2) is 30.3 Å². The third-order valence-electron chi connectivity index (χ3n) is 1.81. The summed E-state index contributed by atoms with van der Waals surface area (Å²) in [5.74, 6) is 0.710. The number of hydrogen-bond acceptors (Lipinski definition) is 2. The summed E-state index contributed by atoms with van der Waals surface area (Å²) >= 11 is 4.21. The Balaban J connectivity index is 2.64. The molecule has 66 valence electrons. The van der Waals surface area contributed by atoms with E-state index in [0.717, 1.165) is 6.42 Å². The standard InChI is InChI=1S/C10H15NS/c1-10(11,8-12)7-9-5-3-2-4-6-9/h2-6,12H,7-8,11H2,1H3. The van der Waals surface area contributed by atoms with Crippen LogP contribution in [0.1, 0.15) is 12.5 Å². The Labute approximate surface area is 79.4 Å². The maximum Gasteiger partial charge on any atom is 0.0255 e. The molecule has 0 aliphatic rings. The second-order valence-corrected chi connectivity index (χ2v) is 3.79. The average Bonchev–Trinajstić information content (AvgIpc) is 2.06. The molecule has 0 bridgehead atoms. The van der Waals surface area contributed by atoms with E-state index in [-0.39, 0.29) is 5.54 Å². The Hall–Kier alpha value is -0.470. The normalized spacial score (nSPS) is 15.6. The third-order valence-corrected chi connectivity index (χ3v) is 2.53. The smallest absolute Gasteiger partial charge is 0.0255 e. The van der Waals surface area contributed by atoms with Gasteiger partial charge in [0.2, 0.25) is 0 Å². The first-order valence-corrected chi connectivity index (χ1v) is 4.71. The van der Waals surface area contributed by atoms with Crippen molar-refractivity contribution in [1.82, 2.24) is 0 Å². The molecule has 2 heteroatoms. The first-order valence-electron chi connectivity index (χ1n) is 4.08. The first-order chi connectivity index (χ1) is 5.64. The maximum absolute atomic E-state index is 5.97. The van der Waals surface area contributed by atoms with E-state index in [1.807, 2.05) is 25.1 Å². The summed E-state index contributed by atoms with van der Waals surface area (Å²) in [4.78, 5) is 0. The summed E-state index contributed by atoms with van der Waals surface area (Å²) < 4.78 is 0. The molecule has 0 aliphatic carbocycles. The minimum atomic E-state index is -0.190. The summed E-state index contributed by atoms with van der Waals surface area (Å²) in [6.07, 6.45) is 0.886. The van der Waals surface area contributed by atoms with Crippen molar-refractivity contribution in [3.63, 3.8) is 0 Å². The van der Waals surface area contributed by atoms with Gasteiger partial charge >= 0.3 is 0 Å². The largest absolute Gasteiger partial charge is 0.324 e. The van der Waals surface area contributed by atoms with Gasteiger partial charge in [0.25, 0.3) is 0 Å². The van der Waals surface area contributed by atoms with Gasteiger partial charge in [-0.1, -0.05) is 30.3 Å². The lowest BCUT2D eigenvalue weighted by Gasteiger charge is -2.21. The van der Waals surface area contributed by atoms with Crippen LogP contribution < -0.4 is 5.73 Å². The summed E-state index contributed by atoms with van der Waals surface area (Å²) in [5.41, 5.74) is 7.06. The molecular formula is C10H15NS. The minimum Gasteiger partial charge on any atom is -0.324 e. The van der Waals surface area contributed by atoms with Crippen LogP contribution in [0.5, 0.6) is 0 Å². The van der Waals surface area contributed by atoms with E-state index in [9.17, 15) is 0 Å².